The molecule has 2 aromatic rings. The minimum atomic E-state index is 1.16. The molecule has 25 heavy (non-hydrogen) atoms. The Kier molecular flexibility index (Phi) is 24.8. The summed E-state index contributed by atoms with van der Waals surface area (Å²) in [6.45, 7) is 18.3. The molecular formula is C24H41N. The summed E-state index contributed by atoms with van der Waals surface area (Å²) >= 11 is 0. The van der Waals surface area contributed by atoms with Crippen molar-refractivity contribution in [1.82, 2.24) is 0 Å². The highest BCUT2D eigenvalue weighted by Gasteiger charge is 1.96. The molecule has 2 rings (SSSR count). The zero-order valence-corrected chi connectivity index (χ0v) is 17.9. The van der Waals surface area contributed by atoms with E-state index in [1.54, 1.807) is 0 Å². The molecule has 2 aromatic carbocycles. The van der Waals surface area contributed by atoms with Gasteiger partial charge in [-0.1, -0.05) is 121 Å². The standard InChI is InChI=1S/C15H14.2C3H8.C2H6.CH5N/c1-3-13-6-10-15(11-7-13)14-8-4-12(2)5-9-14;2*1-3-2;2*1-2/h3-11H,1H2,2H3;2*3H2,1-2H3;1-2H3;2H2,1H3. The van der Waals surface area contributed by atoms with Gasteiger partial charge in [-0.2, -0.15) is 0 Å². The first-order valence-corrected chi connectivity index (χ1v) is 9.50. The Bertz CT molecular complexity index is 479. The smallest absolute Gasteiger partial charge is 0.0184 e. The maximum absolute atomic E-state index is 4.50. The average Bonchev–Trinajstić information content (AvgIpc) is 2.67. The van der Waals surface area contributed by atoms with E-state index in [2.05, 4.69) is 95.5 Å². The van der Waals surface area contributed by atoms with Crippen LogP contribution in [0.3, 0.4) is 0 Å². The third-order valence-electron chi connectivity index (χ3n) is 2.53. The van der Waals surface area contributed by atoms with Gasteiger partial charge in [-0.05, 0) is 30.7 Å². The van der Waals surface area contributed by atoms with Crippen LogP contribution in [-0.2, 0) is 0 Å². The number of benzene rings is 2. The second kappa shape index (κ2) is 22.1. The molecule has 0 unspecified atom stereocenters. The van der Waals surface area contributed by atoms with E-state index in [1.807, 2.05) is 19.9 Å². The molecule has 0 amide bonds. The van der Waals surface area contributed by atoms with E-state index >= 15 is 0 Å². The molecule has 0 radical (unpaired) electrons. The second-order valence-electron chi connectivity index (χ2n) is 5.11. The van der Waals surface area contributed by atoms with E-state index in [-0.39, 0.29) is 0 Å². The topological polar surface area (TPSA) is 26.0 Å². The highest BCUT2D eigenvalue weighted by atomic mass is 14.4. The average molecular weight is 344 g/mol. The van der Waals surface area contributed by atoms with Gasteiger partial charge in [0, 0.05) is 0 Å². The van der Waals surface area contributed by atoms with Gasteiger partial charge in [-0.25, -0.2) is 0 Å². The van der Waals surface area contributed by atoms with Gasteiger partial charge in [0.15, 0.2) is 0 Å². The van der Waals surface area contributed by atoms with Crippen LogP contribution in [0.5, 0.6) is 0 Å². The van der Waals surface area contributed by atoms with Crippen molar-refractivity contribution >= 4 is 6.08 Å². The third-order valence-corrected chi connectivity index (χ3v) is 2.53. The largest absolute Gasteiger partial charge is 0.333 e. The van der Waals surface area contributed by atoms with Crippen LogP contribution in [0, 0.1) is 6.92 Å². The molecule has 0 spiro atoms. The van der Waals surface area contributed by atoms with Crippen LogP contribution >= 0.6 is 0 Å². The molecule has 0 bridgehead atoms. The fourth-order valence-corrected chi connectivity index (χ4v) is 1.56. The fraction of sp³-hybridized carbons (Fsp3) is 0.417. The van der Waals surface area contributed by atoms with Gasteiger partial charge in [0.25, 0.3) is 0 Å². The summed E-state index contributed by atoms with van der Waals surface area (Å²) in [5.74, 6) is 0. The Morgan fingerprint density at radius 3 is 1.28 bits per heavy atom. The van der Waals surface area contributed by atoms with Crippen molar-refractivity contribution in [2.24, 2.45) is 5.73 Å². The number of hydrogen-bond donors (Lipinski definition) is 1. The fourth-order valence-electron chi connectivity index (χ4n) is 1.56. The Labute approximate surface area is 158 Å². The van der Waals surface area contributed by atoms with Crippen molar-refractivity contribution in [3.05, 3.63) is 66.2 Å². The van der Waals surface area contributed by atoms with Gasteiger partial charge in [0.05, 0.1) is 0 Å². The first-order valence-electron chi connectivity index (χ1n) is 9.50. The number of hydrogen-bond acceptors (Lipinski definition) is 1. The van der Waals surface area contributed by atoms with Crippen LogP contribution in [0.25, 0.3) is 17.2 Å². The third kappa shape index (κ3) is 15.4. The van der Waals surface area contributed by atoms with E-state index in [9.17, 15) is 0 Å². The van der Waals surface area contributed by atoms with Gasteiger partial charge in [-0.15, -0.1) is 0 Å². The molecular weight excluding hydrogens is 302 g/mol. The summed E-state index contributed by atoms with van der Waals surface area (Å²) in [5, 5.41) is 0. The molecule has 0 aliphatic carbocycles. The lowest BCUT2D eigenvalue weighted by atomic mass is 10.0. The number of aryl methyl sites for hydroxylation is 1. The summed E-state index contributed by atoms with van der Waals surface area (Å²) in [7, 11) is 1.50. The highest BCUT2D eigenvalue weighted by Crippen LogP contribution is 2.20. The summed E-state index contributed by atoms with van der Waals surface area (Å²) in [6.07, 6.45) is 4.36. The molecule has 0 saturated heterocycles. The van der Waals surface area contributed by atoms with Crippen LogP contribution in [0.1, 0.15) is 65.5 Å². The van der Waals surface area contributed by atoms with Crippen LogP contribution in [0.4, 0.5) is 0 Å². The molecule has 0 aromatic heterocycles. The highest BCUT2D eigenvalue weighted by molar-refractivity contribution is 5.65. The van der Waals surface area contributed by atoms with Crippen LogP contribution in [0.15, 0.2) is 55.1 Å². The first kappa shape index (κ1) is 28.0. The zero-order chi connectivity index (χ0) is 20.1. The van der Waals surface area contributed by atoms with Crippen LogP contribution < -0.4 is 5.73 Å². The van der Waals surface area contributed by atoms with E-state index in [4.69, 9.17) is 0 Å². The minimum absolute atomic E-state index is 1.16. The molecule has 0 atom stereocenters. The lowest BCUT2D eigenvalue weighted by molar-refractivity contribution is 1.09. The molecule has 0 aliphatic heterocycles. The van der Waals surface area contributed by atoms with Crippen molar-refractivity contribution in [3.63, 3.8) is 0 Å². The monoisotopic (exact) mass is 343 g/mol. The summed E-state index contributed by atoms with van der Waals surface area (Å²) < 4.78 is 0. The Hall–Kier alpha value is -1.86. The molecule has 0 fully saturated rings. The second-order valence-corrected chi connectivity index (χ2v) is 5.11. The maximum Gasteiger partial charge on any atom is -0.0184 e. The van der Waals surface area contributed by atoms with Gasteiger partial charge in [0.1, 0.15) is 0 Å². The van der Waals surface area contributed by atoms with E-state index in [1.165, 1.54) is 36.6 Å². The molecule has 0 aliphatic rings. The quantitative estimate of drug-likeness (QED) is 0.593. The van der Waals surface area contributed by atoms with E-state index in [0.717, 1.165) is 5.56 Å². The van der Waals surface area contributed by atoms with Gasteiger partial charge >= 0.3 is 0 Å². The number of rotatable bonds is 2. The Balaban J connectivity index is -0.000000411. The summed E-state index contributed by atoms with van der Waals surface area (Å²) in [5.41, 5.74) is 9.46. The van der Waals surface area contributed by atoms with Crippen LogP contribution in [-0.4, -0.2) is 7.05 Å². The Morgan fingerprint density at radius 2 is 1.00 bits per heavy atom. The maximum atomic E-state index is 4.50. The molecule has 0 saturated carbocycles. The molecule has 0 heterocycles. The summed E-state index contributed by atoms with van der Waals surface area (Å²) in [4.78, 5) is 0. The molecule has 1 heteroatoms. The van der Waals surface area contributed by atoms with Crippen LogP contribution in [0.2, 0.25) is 0 Å². The SMILES string of the molecule is C=Cc1ccc(-c2ccc(C)cc2)cc1.CC.CCC.CCC.CN. The van der Waals surface area contributed by atoms with Crippen molar-refractivity contribution in [3.8, 4) is 11.1 Å². The predicted octanol–water partition coefficient (Wildman–Crippen LogP) is 7.74. The Morgan fingerprint density at radius 1 is 0.720 bits per heavy atom. The van der Waals surface area contributed by atoms with Crippen molar-refractivity contribution in [1.29, 1.82) is 0 Å². The van der Waals surface area contributed by atoms with Crippen molar-refractivity contribution < 1.29 is 0 Å². The van der Waals surface area contributed by atoms with Gasteiger partial charge < -0.3 is 5.73 Å². The normalized spacial score (nSPS) is 7.88. The zero-order valence-electron chi connectivity index (χ0n) is 17.9. The molecule has 1 nitrogen and oxygen atoms in total. The van der Waals surface area contributed by atoms with E-state index < -0.39 is 0 Å². The summed E-state index contributed by atoms with van der Waals surface area (Å²) in [6, 6.07) is 17.0. The van der Waals surface area contributed by atoms with Gasteiger partial charge in [0.2, 0.25) is 0 Å². The lowest BCUT2D eigenvalue weighted by Gasteiger charge is -2.02. The number of nitrogens with two attached hydrogens (primary N) is 1. The molecule has 2 N–H and O–H groups in total. The van der Waals surface area contributed by atoms with Crippen molar-refractivity contribution in [2.45, 2.75) is 61.3 Å². The lowest BCUT2D eigenvalue weighted by Crippen LogP contribution is -1.78. The molecule has 142 valence electrons. The minimum Gasteiger partial charge on any atom is -0.333 e. The first-order chi connectivity index (χ1) is 12.1. The predicted molar refractivity (Wildman–Crippen MR) is 120 cm³/mol. The van der Waals surface area contributed by atoms with Gasteiger partial charge in [-0.3, -0.25) is 0 Å². The van der Waals surface area contributed by atoms with Crippen molar-refractivity contribution in [2.75, 3.05) is 7.05 Å². The van der Waals surface area contributed by atoms with E-state index in [0.29, 0.717) is 0 Å².